The Morgan fingerprint density at radius 2 is 2.14 bits per heavy atom. The molecule has 9 heteroatoms. The minimum Gasteiger partial charge on any atom is -0.504 e. The third-order valence-corrected chi connectivity index (χ3v) is 7.96. The second kappa shape index (κ2) is 5.70. The summed E-state index contributed by atoms with van der Waals surface area (Å²) in [5.41, 5.74) is -0.317. The molecule has 2 aliphatic carbocycles. The molecule has 2 heterocycles. The molecule has 1 unspecified atom stereocenters. The van der Waals surface area contributed by atoms with Crippen molar-refractivity contribution in [1.29, 1.82) is 0 Å². The van der Waals surface area contributed by atoms with Crippen LogP contribution in [0, 0.1) is 5.92 Å². The van der Waals surface area contributed by atoms with Gasteiger partial charge in [-0.2, -0.15) is 8.42 Å². The lowest BCUT2D eigenvalue weighted by atomic mass is 9.53. The number of likely N-dealkylation sites (tertiary alicyclic amines) is 1. The quantitative estimate of drug-likeness (QED) is 0.404. The monoisotopic (exact) mass is 409 g/mol. The number of hydrogen-bond donors (Lipinski definition) is 4. The van der Waals surface area contributed by atoms with E-state index in [-0.39, 0.29) is 24.1 Å². The normalized spacial score (nSPS) is 36.7. The van der Waals surface area contributed by atoms with E-state index < -0.39 is 33.2 Å². The van der Waals surface area contributed by atoms with Crippen LogP contribution in [0.15, 0.2) is 18.2 Å². The Morgan fingerprint density at radius 1 is 1.39 bits per heavy atom. The maximum absolute atomic E-state index is 11.3. The number of nitrogens with zero attached hydrogens (tertiary/aromatic N) is 1. The van der Waals surface area contributed by atoms with Crippen LogP contribution in [-0.2, 0) is 28.4 Å². The second-order valence-corrected chi connectivity index (χ2v) is 9.97. The van der Waals surface area contributed by atoms with Gasteiger partial charge in [-0.3, -0.25) is 4.55 Å². The van der Waals surface area contributed by atoms with Gasteiger partial charge in [0.2, 0.25) is 0 Å². The molecule has 1 saturated heterocycles. The molecule has 2 aliphatic heterocycles. The minimum absolute atomic E-state index is 0.106. The van der Waals surface area contributed by atoms with Crippen LogP contribution in [0.5, 0.6) is 11.5 Å². The number of phenols is 1. The fourth-order valence-electron chi connectivity index (χ4n) is 5.87. The van der Waals surface area contributed by atoms with Crippen molar-refractivity contribution in [2.24, 2.45) is 5.92 Å². The first-order chi connectivity index (χ1) is 13.1. The molecule has 28 heavy (non-hydrogen) atoms. The highest BCUT2D eigenvalue weighted by Gasteiger charge is 2.64. The van der Waals surface area contributed by atoms with Crippen LogP contribution in [-0.4, -0.2) is 70.5 Å². The number of piperidine rings is 1. The Balaban J connectivity index is 1.74. The molecule has 1 spiro atoms. The lowest BCUT2D eigenvalue weighted by molar-refractivity contribution is -0.0454. The van der Waals surface area contributed by atoms with Gasteiger partial charge in [0.15, 0.2) is 16.9 Å². The van der Waals surface area contributed by atoms with Gasteiger partial charge in [0, 0.05) is 29.4 Å². The molecule has 1 aromatic rings. The molecular formula is C19H23NO7S. The fourth-order valence-corrected chi connectivity index (χ4v) is 6.26. The molecule has 2 bridgehead atoms. The Kier molecular flexibility index (Phi) is 3.74. The van der Waals surface area contributed by atoms with Crippen LogP contribution in [0.1, 0.15) is 23.1 Å². The average molecular weight is 409 g/mol. The molecule has 4 aliphatic rings. The van der Waals surface area contributed by atoms with E-state index in [1.54, 1.807) is 6.08 Å². The van der Waals surface area contributed by atoms with Crippen molar-refractivity contribution < 1.29 is 33.0 Å². The first-order valence-corrected chi connectivity index (χ1v) is 10.9. The van der Waals surface area contributed by atoms with Gasteiger partial charge in [-0.05, 0) is 43.6 Å². The van der Waals surface area contributed by atoms with E-state index in [2.05, 4.69) is 4.90 Å². The molecule has 0 amide bonds. The summed E-state index contributed by atoms with van der Waals surface area (Å²) in [6.07, 6.45) is 3.51. The van der Waals surface area contributed by atoms with Crippen LogP contribution in [0.2, 0.25) is 0 Å². The van der Waals surface area contributed by atoms with E-state index in [1.807, 2.05) is 13.1 Å². The van der Waals surface area contributed by atoms with Gasteiger partial charge in [-0.15, -0.1) is 0 Å². The summed E-state index contributed by atoms with van der Waals surface area (Å²) in [5.74, 6) is 0.318. The van der Waals surface area contributed by atoms with Crippen LogP contribution < -0.4 is 4.74 Å². The van der Waals surface area contributed by atoms with Gasteiger partial charge in [-0.25, -0.2) is 0 Å². The molecule has 0 aromatic heterocycles. The Labute approximate surface area is 162 Å². The second-order valence-electron chi connectivity index (χ2n) is 8.39. The van der Waals surface area contributed by atoms with E-state index in [0.29, 0.717) is 17.7 Å². The molecule has 0 saturated carbocycles. The van der Waals surface area contributed by atoms with E-state index >= 15 is 0 Å². The summed E-state index contributed by atoms with van der Waals surface area (Å²) in [6.45, 7) is 0.819. The predicted octanol–water partition coefficient (Wildman–Crippen LogP) is -0.0532. The van der Waals surface area contributed by atoms with Crippen LogP contribution in [0.3, 0.4) is 0 Å². The van der Waals surface area contributed by atoms with Crippen molar-refractivity contribution in [3.05, 3.63) is 34.9 Å². The number of rotatable bonds is 3. The maximum Gasteiger partial charge on any atom is 0.292 e. The van der Waals surface area contributed by atoms with Crippen molar-refractivity contribution in [3.8, 4) is 11.5 Å². The van der Waals surface area contributed by atoms with Crippen LogP contribution >= 0.6 is 0 Å². The lowest BCUT2D eigenvalue weighted by Gasteiger charge is -2.56. The average Bonchev–Trinajstić information content (AvgIpc) is 2.97. The number of aliphatic hydroxyl groups excluding tert-OH is 2. The summed E-state index contributed by atoms with van der Waals surface area (Å²) < 4.78 is 38.0. The number of hydrogen-bond acceptors (Lipinski definition) is 7. The van der Waals surface area contributed by atoms with E-state index in [4.69, 9.17) is 4.74 Å². The number of ether oxygens (including phenoxy) is 1. The van der Waals surface area contributed by atoms with E-state index in [1.165, 1.54) is 6.07 Å². The van der Waals surface area contributed by atoms with Crippen LogP contribution in [0.4, 0.5) is 0 Å². The first kappa shape index (κ1) is 18.4. The van der Waals surface area contributed by atoms with Gasteiger partial charge in [0.05, 0.1) is 0 Å². The Hall–Kier alpha value is -1.65. The minimum atomic E-state index is -4.62. The van der Waals surface area contributed by atoms with Crippen LogP contribution in [0.25, 0.3) is 0 Å². The molecule has 5 rings (SSSR count). The zero-order valence-corrected chi connectivity index (χ0v) is 16.1. The van der Waals surface area contributed by atoms with Crippen molar-refractivity contribution in [2.45, 2.75) is 48.4 Å². The summed E-state index contributed by atoms with van der Waals surface area (Å²) in [6, 6.07) is 1.54. The van der Waals surface area contributed by atoms with Gasteiger partial charge in [-0.1, -0.05) is 12.2 Å². The number of benzene rings is 1. The Bertz CT molecular complexity index is 990. The third kappa shape index (κ3) is 2.22. The van der Waals surface area contributed by atoms with Gasteiger partial charge >= 0.3 is 0 Å². The predicted molar refractivity (Wildman–Crippen MR) is 98.8 cm³/mol. The number of aromatic hydroxyl groups is 1. The molecule has 4 N–H and O–H groups in total. The van der Waals surface area contributed by atoms with Crippen molar-refractivity contribution >= 4 is 10.1 Å². The molecule has 6 atom stereocenters. The highest BCUT2D eigenvalue weighted by molar-refractivity contribution is 7.86. The highest BCUT2D eigenvalue weighted by atomic mass is 32.2. The SMILES string of the molecule is CN1CC[C@]23c4c5c(CC(O)S(=O)(=O)O)cc(O)c4O[C@H]2[C@@H](O)C=C[C@H]3[C@H]1C5. The maximum atomic E-state index is 11.3. The third-order valence-electron chi connectivity index (χ3n) is 7.11. The zero-order chi connectivity index (χ0) is 20.0. The summed E-state index contributed by atoms with van der Waals surface area (Å²) in [4.78, 5) is 2.26. The summed E-state index contributed by atoms with van der Waals surface area (Å²) >= 11 is 0. The summed E-state index contributed by atoms with van der Waals surface area (Å²) in [5, 5.41) is 31.1. The topological polar surface area (TPSA) is 128 Å². The van der Waals surface area contributed by atoms with E-state index in [9.17, 15) is 28.3 Å². The molecule has 152 valence electrons. The molecule has 1 aromatic carbocycles. The highest BCUT2D eigenvalue weighted by Crippen LogP contribution is 2.63. The standard InChI is InChI=1S/C19H23NO7S/c1-20-5-4-19-11-2-3-13(21)18(19)27-17-14(22)6-9(7-15(23)28(24,25)26)10(16(17)19)8-12(11)20/h2-3,6,11-13,15,18,21-23H,4-5,7-8H2,1H3,(H,24,25,26)/t11-,12+,13-,15?,18-,19-/m0/s1. The van der Waals surface area contributed by atoms with Crippen molar-refractivity contribution in [2.75, 3.05) is 13.6 Å². The zero-order valence-electron chi connectivity index (χ0n) is 15.3. The van der Waals surface area contributed by atoms with Gasteiger partial charge in [0.25, 0.3) is 10.1 Å². The van der Waals surface area contributed by atoms with Gasteiger partial charge in [0.1, 0.15) is 12.2 Å². The molecule has 1 fully saturated rings. The number of aliphatic hydroxyl groups is 2. The Morgan fingerprint density at radius 3 is 2.86 bits per heavy atom. The molecule has 8 nitrogen and oxygen atoms in total. The fraction of sp³-hybridized carbons (Fsp3) is 0.579. The first-order valence-electron chi connectivity index (χ1n) is 9.40. The number of phenolic OH excluding ortho intramolecular Hbond substituents is 1. The van der Waals surface area contributed by atoms with Crippen molar-refractivity contribution in [1.82, 2.24) is 4.90 Å². The molecule has 0 radical (unpaired) electrons. The molecular weight excluding hydrogens is 386 g/mol. The number of likely N-dealkylation sites (N-methyl/N-ethyl adjacent to an activating group) is 1. The van der Waals surface area contributed by atoms with Crippen molar-refractivity contribution in [3.63, 3.8) is 0 Å². The summed E-state index contributed by atoms with van der Waals surface area (Å²) in [7, 11) is -2.58. The largest absolute Gasteiger partial charge is 0.504 e. The van der Waals surface area contributed by atoms with E-state index in [0.717, 1.165) is 24.1 Å². The smallest absolute Gasteiger partial charge is 0.292 e. The van der Waals surface area contributed by atoms with Gasteiger partial charge < -0.3 is 25.0 Å². The lowest BCUT2D eigenvalue weighted by Crippen LogP contribution is -2.64.